The highest BCUT2D eigenvalue weighted by molar-refractivity contribution is 5.96. The molecule has 2 amide bonds. The number of non-ortho nitro benzene ring substituents is 1. The first-order valence-corrected chi connectivity index (χ1v) is 7.38. The van der Waals surface area contributed by atoms with Gasteiger partial charge in [-0.2, -0.15) is 0 Å². The van der Waals surface area contributed by atoms with E-state index in [-0.39, 0.29) is 29.7 Å². The van der Waals surface area contributed by atoms with Crippen LogP contribution in [0.3, 0.4) is 0 Å². The van der Waals surface area contributed by atoms with Gasteiger partial charge in [0.2, 0.25) is 5.91 Å². The molecule has 118 valence electrons. The summed E-state index contributed by atoms with van der Waals surface area (Å²) in [5, 5.41) is 16.0. The van der Waals surface area contributed by atoms with Crippen LogP contribution in [0.4, 0.5) is 5.69 Å². The number of hydrogen-bond acceptors (Lipinski definition) is 4. The molecule has 1 fully saturated rings. The zero-order valence-electron chi connectivity index (χ0n) is 12.2. The van der Waals surface area contributed by atoms with Gasteiger partial charge < -0.3 is 10.6 Å². The molecule has 0 aromatic heterocycles. The maximum Gasteiger partial charge on any atom is 0.269 e. The lowest BCUT2D eigenvalue weighted by atomic mass is 9.95. The normalized spacial score (nSPS) is 15.1. The van der Waals surface area contributed by atoms with Crippen molar-refractivity contribution in [3.05, 3.63) is 39.9 Å². The molecule has 1 aromatic carbocycles. The van der Waals surface area contributed by atoms with E-state index in [4.69, 9.17) is 0 Å². The van der Waals surface area contributed by atoms with Gasteiger partial charge >= 0.3 is 0 Å². The van der Waals surface area contributed by atoms with Crippen LogP contribution in [0.5, 0.6) is 0 Å². The third-order valence-electron chi connectivity index (χ3n) is 3.72. The van der Waals surface area contributed by atoms with Gasteiger partial charge in [-0.1, -0.05) is 19.3 Å². The average Bonchev–Trinajstić information content (AvgIpc) is 2.53. The van der Waals surface area contributed by atoms with E-state index in [2.05, 4.69) is 10.6 Å². The lowest BCUT2D eigenvalue weighted by molar-refractivity contribution is -0.384. The molecule has 0 saturated heterocycles. The van der Waals surface area contributed by atoms with E-state index in [0.717, 1.165) is 25.7 Å². The molecule has 0 unspecified atom stereocenters. The zero-order chi connectivity index (χ0) is 15.9. The maximum atomic E-state index is 11.9. The lowest BCUT2D eigenvalue weighted by Crippen LogP contribution is -2.42. The number of nitrogens with one attached hydrogen (secondary N) is 2. The van der Waals surface area contributed by atoms with Crippen molar-refractivity contribution in [1.29, 1.82) is 0 Å². The minimum atomic E-state index is -0.528. The van der Waals surface area contributed by atoms with Crippen molar-refractivity contribution in [1.82, 2.24) is 10.6 Å². The van der Waals surface area contributed by atoms with Gasteiger partial charge in [-0.25, -0.2) is 0 Å². The Kier molecular flexibility index (Phi) is 5.46. The van der Waals surface area contributed by atoms with Crippen molar-refractivity contribution in [2.75, 3.05) is 6.54 Å². The number of hydrogen-bond donors (Lipinski definition) is 2. The highest BCUT2D eigenvalue weighted by atomic mass is 16.6. The fourth-order valence-corrected chi connectivity index (χ4v) is 2.52. The molecular formula is C15H19N3O4. The van der Waals surface area contributed by atoms with Gasteiger partial charge in [-0.05, 0) is 25.0 Å². The zero-order valence-corrected chi connectivity index (χ0v) is 12.2. The maximum absolute atomic E-state index is 11.9. The summed E-state index contributed by atoms with van der Waals surface area (Å²) in [5.41, 5.74) is 0.211. The highest BCUT2D eigenvalue weighted by Gasteiger charge is 2.16. The minimum Gasteiger partial charge on any atom is -0.352 e. The summed E-state index contributed by atoms with van der Waals surface area (Å²) >= 11 is 0. The Bertz CT molecular complexity index is 550. The molecule has 2 N–H and O–H groups in total. The first kappa shape index (κ1) is 15.9. The van der Waals surface area contributed by atoms with Gasteiger partial charge in [0.1, 0.15) is 0 Å². The molecular weight excluding hydrogens is 286 g/mol. The third-order valence-corrected chi connectivity index (χ3v) is 3.72. The first-order chi connectivity index (χ1) is 10.6. The molecule has 0 radical (unpaired) electrons. The third kappa shape index (κ3) is 4.54. The largest absolute Gasteiger partial charge is 0.352 e. The number of nitro groups is 1. The number of carbonyl (C=O) groups is 2. The predicted octanol–water partition coefficient (Wildman–Crippen LogP) is 1.77. The van der Waals surface area contributed by atoms with Crippen molar-refractivity contribution in [2.45, 2.75) is 38.1 Å². The van der Waals surface area contributed by atoms with Gasteiger partial charge in [0, 0.05) is 23.7 Å². The lowest BCUT2D eigenvalue weighted by Gasteiger charge is -2.22. The quantitative estimate of drug-likeness (QED) is 0.639. The summed E-state index contributed by atoms with van der Waals surface area (Å²) < 4.78 is 0. The number of benzene rings is 1. The summed E-state index contributed by atoms with van der Waals surface area (Å²) in [6, 6.07) is 5.46. The summed E-state index contributed by atoms with van der Waals surface area (Å²) in [5.74, 6) is -0.629. The van der Waals surface area contributed by atoms with Crippen molar-refractivity contribution in [2.24, 2.45) is 0 Å². The molecule has 0 atom stereocenters. The van der Waals surface area contributed by atoms with E-state index >= 15 is 0 Å². The molecule has 1 saturated carbocycles. The van der Waals surface area contributed by atoms with Gasteiger partial charge in [-0.3, -0.25) is 19.7 Å². The van der Waals surface area contributed by atoms with Gasteiger partial charge in [-0.15, -0.1) is 0 Å². The number of nitrogens with zero attached hydrogens (tertiary/aromatic N) is 1. The fourth-order valence-electron chi connectivity index (χ4n) is 2.52. The van der Waals surface area contributed by atoms with Crippen LogP contribution in [0.2, 0.25) is 0 Å². The molecule has 0 aliphatic heterocycles. The Hall–Kier alpha value is -2.44. The van der Waals surface area contributed by atoms with Crippen LogP contribution < -0.4 is 10.6 Å². The molecule has 0 spiro atoms. The Morgan fingerprint density at radius 2 is 1.77 bits per heavy atom. The Morgan fingerprint density at radius 3 is 2.36 bits per heavy atom. The Balaban J connectivity index is 1.78. The SMILES string of the molecule is O=C(CNC(=O)c1ccc([N+](=O)[O-])cc1)NC1CCCCC1. The predicted molar refractivity (Wildman–Crippen MR) is 80.4 cm³/mol. The minimum absolute atomic E-state index is 0.0772. The van der Waals surface area contributed by atoms with Crippen molar-refractivity contribution in [3.8, 4) is 0 Å². The Morgan fingerprint density at radius 1 is 1.14 bits per heavy atom. The highest BCUT2D eigenvalue weighted by Crippen LogP contribution is 2.17. The fraction of sp³-hybridized carbons (Fsp3) is 0.467. The van der Waals surface area contributed by atoms with E-state index in [1.165, 1.54) is 30.7 Å². The van der Waals surface area contributed by atoms with Crippen LogP contribution >= 0.6 is 0 Å². The number of amides is 2. The molecule has 1 aliphatic carbocycles. The average molecular weight is 305 g/mol. The van der Waals surface area contributed by atoms with Crippen LogP contribution in [0.25, 0.3) is 0 Å². The van der Waals surface area contributed by atoms with E-state index in [9.17, 15) is 19.7 Å². The van der Waals surface area contributed by atoms with Gasteiger partial charge in [0.15, 0.2) is 0 Å². The number of carbonyl (C=O) groups excluding carboxylic acids is 2. The van der Waals surface area contributed by atoms with Crippen molar-refractivity contribution in [3.63, 3.8) is 0 Å². The van der Waals surface area contributed by atoms with Crippen LogP contribution in [0.1, 0.15) is 42.5 Å². The van der Waals surface area contributed by atoms with Gasteiger partial charge in [0.25, 0.3) is 11.6 Å². The van der Waals surface area contributed by atoms with Crippen molar-refractivity contribution >= 4 is 17.5 Å². The molecule has 2 rings (SSSR count). The van der Waals surface area contributed by atoms with E-state index in [0.29, 0.717) is 0 Å². The van der Waals surface area contributed by atoms with Crippen LogP contribution in [-0.4, -0.2) is 29.3 Å². The molecule has 7 heteroatoms. The number of rotatable bonds is 5. The molecule has 1 aromatic rings. The standard InChI is InChI=1S/C15H19N3O4/c19-14(17-12-4-2-1-3-5-12)10-16-15(20)11-6-8-13(9-7-11)18(21)22/h6-9,12H,1-5,10H2,(H,16,20)(H,17,19). The molecule has 7 nitrogen and oxygen atoms in total. The number of nitro benzene ring substituents is 1. The molecule has 0 bridgehead atoms. The monoisotopic (exact) mass is 305 g/mol. The first-order valence-electron chi connectivity index (χ1n) is 7.38. The summed E-state index contributed by atoms with van der Waals surface area (Å²) in [6.07, 6.45) is 5.44. The van der Waals surface area contributed by atoms with Crippen LogP contribution in [0, 0.1) is 10.1 Å². The summed E-state index contributed by atoms with van der Waals surface area (Å²) in [7, 11) is 0. The molecule has 22 heavy (non-hydrogen) atoms. The summed E-state index contributed by atoms with van der Waals surface area (Å²) in [6.45, 7) is -0.0910. The van der Waals surface area contributed by atoms with E-state index in [1.807, 2.05) is 0 Å². The summed E-state index contributed by atoms with van der Waals surface area (Å²) in [4.78, 5) is 33.6. The topological polar surface area (TPSA) is 101 Å². The second-order valence-electron chi connectivity index (χ2n) is 5.39. The van der Waals surface area contributed by atoms with Crippen LogP contribution in [-0.2, 0) is 4.79 Å². The second kappa shape index (κ2) is 7.53. The molecule has 0 heterocycles. The smallest absolute Gasteiger partial charge is 0.269 e. The molecule has 1 aliphatic rings. The van der Waals surface area contributed by atoms with Crippen LogP contribution in [0.15, 0.2) is 24.3 Å². The second-order valence-corrected chi connectivity index (χ2v) is 5.39. The Labute approximate surface area is 128 Å². The van der Waals surface area contributed by atoms with Crippen molar-refractivity contribution < 1.29 is 14.5 Å². The van der Waals surface area contributed by atoms with E-state index in [1.54, 1.807) is 0 Å². The van der Waals surface area contributed by atoms with E-state index < -0.39 is 10.8 Å². The van der Waals surface area contributed by atoms with Gasteiger partial charge in [0.05, 0.1) is 11.5 Å².